The molecule has 1 fully saturated rings. The maximum atomic E-state index is 12.5. The molecule has 0 amide bonds. The number of phenolic OH excluding ortho intramolecular Hbond substituents is 1. The second-order valence-corrected chi connectivity index (χ2v) is 7.11. The summed E-state index contributed by atoms with van der Waals surface area (Å²) in [5, 5.41) is 9.96. The number of benzene rings is 2. The van der Waals surface area contributed by atoms with Gasteiger partial charge in [-0.1, -0.05) is 30.5 Å². The van der Waals surface area contributed by atoms with E-state index in [2.05, 4.69) is 4.90 Å². The number of allylic oxidation sites excluding steroid dienone is 1. The molecule has 1 aliphatic heterocycles. The number of ether oxygens (including phenoxy) is 1. The lowest BCUT2D eigenvalue weighted by Gasteiger charge is -2.22. The third kappa shape index (κ3) is 4.83. The Morgan fingerprint density at radius 1 is 1.11 bits per heavy atom. The van der Waals surface area contributed by atoms with Crippen molar-refractivity contribution >= 4 is 29.1 Å². The second kappa shape index (κ2) is 8.96. The molecule has 1 heterocycles. The largest absolute Gasteiger partial charge is 0.503 e. The molecule has 1 saturated heterocycles. The third-order valence-electron chi connectivity index (χ3n) is 4.82. The van der Waals surface area contributed by atoms with E-state index < -0.39 is 0 Å². The summed E-state index contributed by atoms with van der Waals surface area (Å²) in [5.74, 6) is 0.0868. The summed E-state index contributed by atoms with van der Waals surface area (Å²) < 4.78 is 5.08. The number of methoxy groups -OCH3 is 1. The van der Waals surface area contributed by atoms with Crippen LogP contribution in [0.5, 0.6) is 11.5 Å². The first-order valence-corrected chi connectivity index (χ1v) is 9.60. The van der Waals surface area contributed by atoms with Gasteiger partial charge < -0.3 is 14.7 Å². The van der Waals surface area contributed by atoms with Gasteiger partial charge in [0.25, 0.3) is 0 Å². The van der Waals surface area contributed by atoms with Crippen LogP contribution < -0.4 is 9.64 Å². The number of anilines is 1. The van der Waals surface area contributed by atoms with Crippen molar-refractivity contribution in [2.45, 2.75) is 25.7 Å². The van der Waals surface area contributed by atoms with Crippen molar-refractivity contribution < 1.29 is 14.6 Å². The number of hydrogen-bond acceptors (Lipinski definition) is 4. The van der Waals surface area contributed by atoms with Crippen LogP contribution in [-0.4, -0.2) is 31.1 Å². The van der Waals surface area contributed by atoms with Gasteiger partial charge in [-0.2, -0.15) is 0 Å². The molecule has 142 valence electrons. The van der Waals surface area contributed by atoms with E-state index in [1.54, 1.807) is 18.2 Å². The number of phenols is 1. The minimum absolute atomic E-state index is 0.0828. The molecule has 1 N–H and O–H groups in total. The molecule has 27 heavy (non-hydrogen) atoms. The highest BCUT2D eigenvalue weighted by Gasteiger charge is 2.11. The van der Waals surface area contributed by atoms with Gasteiger partial charge in [-0.15, -0.1) is 0 Å². The van der Waals surface area contributed by atoms with Gasteiger partial charge in [-0.3, -0.25) is 4.79 Å². The van der Waals surface area contributed by atoms with E-state index in [-0.39, 0.29) is 22.3 Å². The molecule has 5 heteroatoms. The monoisotopic (exact) mass is 385 g/mol. The Balaban J connectivity index is 1.70. The highest BCUT2D eigenvalue weighted by molar-refractivity contribution is 6.32. The number of halogens is 1. The van der Waals surface area contributed by atoms with Crippen LogP contribution in [0.3, 0.4) is 0 Å². The summed E-state index contributed by atoms with van der Waals surface area (Å²) >= 11 is 5.98. The topological polar surface area (TPSA) is 49.8 Å². The normalized spacial score (nSPS) is 15.0. The van der Waals surface area contributed by atoms with Gasteiger partial charge in [0.1, 0.15) is 0 Å². The van der Waals surface area contributed by atoms with Crippen molar-refractivity contribution in [2.24, 2.45) is 0 Å². The molecule has 0 radical (unpaired) electrons. The Morgan fingerprint density at radius 2 is 1.78 bits per heavy atom. The van der Waals surface area contributed by atoms with Gasteiger partial charge in [0.05, 0.1) is 12.1 Å². The van der Waals surface area contributed by atoms with Crippen LogP contribution in [0.25, 0.3) is 6.08 Å². The van der Waals surface area contributed by atoms with E-state index in [9.17, 15) is 9.90 Å². The van der Waals surface area contributed by atoms with Gasteiger partial charge in [-0.25, -0.2) is 0 Å². The second-order valence-electron chi connectivity index (χ2n) is 6.70. The molecule has 0 spiro atoms. The first kappa shape index (κ1) is 19.3. The predicted octanol–water partition coefficient (Wildman–Crippen LogP) is 5.33. The average Bonchev–Trinajstić information content (AvgIpc) is 2.98. The molecule has 0 aliphatic carbocycles. The quantitative estimate of drug-likeness (QED) is 0.558. The number of carbonyl (C=O) groups is 1. The van der Waals surface area contributed by atoms with E-state index in [1.165, 1.54) is 44.6 Å². The molecule has 1 aliphatic rings. The average molecular weight is 386 g/mol. The highest BCUT2D eigenvalue weighted by atomic mass is 35.5. The Hall–Kier alpha value is -2.46. The smallest absolute Gasteiger partial charge is 0.185 e. The zero-order valence-electron chi connectivity index (χ0n) is 15.5. The maximum absolute atomic E-state index is 12.5. The van der Waals surface area contributed by atoms with Crippen molar-refractivity contribution in [2.75, 3.05) is 25.1 Å². The minimum atomic E-state index is -0.105. The first-order chi connectivity index (χ1) is 13.1. The Labute approximate surface area is 165 Å². The maximum Gasteiger partial charge on any atom is 0.185 e. The summed E-state index contributed by atoms with van der Waals surface area (Å²) in [6, 6.07) is 11.0. The Bertz CT molecular complexity index is 822. The number of aromatic hydroxyl groups is 1. The van der Waals surface area contributed by atoms with E-state index in [0.717, 1.165) is 13.1 Å². The number of ketones is 1. The van der Waals surface area contributed by atoms with Crippen LogP contribution in [0.1, 0.15) is 41.6 Å². The Kier molecular flexibility index (Phi) is 6.40. The molecule has 0 unspecified atom stereocenters. The molecule has 4 nitrogen and oxygen atoms in total. The summed E-state index contributed by atoms with van der Waals surface area (Å²) in [6.07, 6.45) is 8.21. The fraction of sp³-hybridized carbons (Fsp3) is 0.318. The molecule has 0 saturated carbocycles. The highest BCUT2D eigenvalue weighted by Crippen LogP contribution is 2.35. The van der Waals surface area contributed by atoms with Crippen molar-refractivity contribution in [1.82, 2.24) is 0 Å². The first-order valence-electron chi connectivity index (χ1n) is 9.22. The van der Waals surface area contributed by atoms with Crippen molar-refractivity contribution in [3.63, 3.8) is 0 Å². The molecular weight excluding hydrogens is 362 g/mol. The lowest BCUT2D eigenvalue weighted by atomic mass is 10.1. The van der Waals surface area contributed by atoms with E-state index in [1.807, 2.05) is 24.3 Å². The van der Waals surface area contributed by atoms with Crippen LogP contribution in [0, 0.1) is 0 Å². The standard InChI is InChI=1S/C22H24ClNO3/c1-27-21-15-16(14-19(23)22(21)26)6-11-20(25)17-7-9-18(10-8-17)24-12-4-2-3-5-13-24/h6-11,14-15,26H,2-5,12-13H2,1H3/b11-6+. The van der Waals surface area contributed by atoms with Crippen molar-refractivity contribution in [3.8, 4) is 11.5 Å². The van der Waals surface area contributed by atoms with Gasteiger partial charge in [0, 0.05) is 24.3 Å². The molecular formula is C22H24ClNO3. The molecule has 3 rings (SSSR count). The van der Waals surface area contributed by atoms with Crippen LogP contribution in [-0.2, 0) is 0 Å². The number of rotatable bonds is 5. The van der Waals surface area contributed by atoms with Crippen molar-refractivity contribution in [1.29, 1.82) is 0 Å². The summed E-state index contributed by atoms with van der Waals surface area (Å²) in [5.41, 5.74) is 2.50. The van der Waals surface area contributed by atoms with Crippen LogP contribution in [0.2, 0.25) is 5.02 Å². The molecule has 2 aromatic rings. The lowest BCUT2D eigenvalue weighted by molar-refractivity contribution is 0.104. The summed E-state index contributed by atoms with van der Waals surface area (Å²) in [6.45, 7) is 2.16. The Morgan fingerprint density at radius 3 is 2.41 bits per heavy atom. The van der Waals surface area contributed by atoms with Gasteiger partial charge in [0.15, 0.2) is 17.3 Å². The van der Waals surface area contributed by atoms with E-state index in [4.69, 9.17) is 16.3 Å². The zero-order chi connectivity index (χ0) is 19.2. The van der Waals surface area contributed by atoms with Crippen LogP contribution in [0.15, 0.2) is 42.5 Å². The van der Waals surface area contributed by atoms with Crippen LogP contribution in [0.4, 0.5) is 5.69 Å². The van der Waals surface area contributed by atoms with Gasteiger partial charge >= 0.3 is 0 Å². The third-order valence-corrected chi connectivity index (χ3v) is 5.11. The fourth-order valence-electron chi connectivity index (χ4n) is 3.28. The fourth-order valence-corrected chi connectivity index (χ4v) is 3.50. The van der Waals surface area contributed by atoms with Crippen LogP contribution >= 0.6 is 11.6 Å². The van der Waals surface area contributed by atoms with Gasteiger partial charge in [0.2, 0.25) is 0 Å². The van der Waals surface area contributed by atoms with E-state index >= 15 is 0 Å². The van der Waals surface area contributed by atoms with Gasteiger partial charge in [-0.05, 0) is 60.9 Å². The molecule has 0 atom stereocenters. The molecule has 2 aromatic carbocycles. The zero-order valence-corrected chi connectivity index (χ0v) is 16.2. The minimum Gasteiger partial charge on any atom is -0.503 e. The molecule has 0 aromatic heterocycles. The number of carbonyl (C=O) groups excluding carboxylic acids is 1. The molecule has 0 bridgehead atoms. The predicted molar refractivity (Wildman–Crippen MR) is 110 cm³/mol. The van der Waals surface area contributed by atoms with E-state index in [0.29, 0.717) is 11.1 Å². The lowest BCUT2D eigenvalue weighted by Crippen LogP contribution is -2.23. The SMILES string of the molecule is COc1cc(/C=C/C(=O)c2ccc(N3CCCCCC3)cc2)cc(Cl)c1O. The van der Waals surface area contributed by atoms with Crippen molar-refractivity contribution in [3.05, 3.63) is 58.6 Å². The number of hydrogen-bond donors (Lipinski definition) is 1. The summed E-state index contributed by atoms with van der Waals surface area (Å²) in [7, 11) is 1.45. The number of nitrogens with zero attached hydrogens (tertiary/aromatic N) is 1. The summed E-state index contributed by atoms with van der Waals surface area (Å²) in [4.78, 5) is 14.8.